The number of nitrogens with one attached hydrogen (secondary N) is 1. The number of aromatic nitrogens is 2. The summed E-state index contributed by atoms with van der Waals surface area (Å²) in [6.45, 7) is 1.20. The van der Waals surface area contributed by atoms with Gasteiger partial charge in [0.15, 0.2) is 11.4 Å². The summed E-state index contributed by atoms with van der Waals surface area (Å²) in [4.78, 5) is 4.31. The van der Waals surface area contributed by atoms with Gasteiger partial charge in [0, 0.05) is 18.5 Å². The fourth-order valence-corrected chi connectivity index (χ4v) is 2.40. The molecule has 1 saturated heterocycles. The number of methoxy groups -OCH3 is 1. The molecule has 1 unspecified atom stereocenters. The molecule has 2 N–H and O–H groups in total. The lowest BCUT2D eigenvalue weighted by molar-refractivity contribution is 0.0243. The van der Waals surface area contributed by atoms with Gasteiger partial charge in [-0.25, -0.2) is 0 Å². The highest BCUT2D eigenvalue weighted by Crippen LogP contribution is 2.27. The molecule has 1 aliphatic heterocycles. The van der Waals surface area contributed by atoms with E-state index in [1.807, 2.05) is 24.3 Å². The maximum Gasteiger partial charge on any atom is 0.259 e. The van der Waals surface area contributed by atoms with Crippen molar-refractivity contribution in [1.29, 1.82) is 0 Å². The smallest absolute Gasteiger partial charge is 0.259 e. The third-order valence-corrected chi connectivity index (χ3v) is 3.54. The number of para-hydroxylation sites is 1. The number of hydrogen-bond donors (Lipinski definition) is 2. The maximum atomic E-state index is 10.4. The molecule has 1 aliphatic rings. The van der Waals surface area contributed by atoms with Crippen LogP contribution in [0.3, 0.4) is 0 Å². The minimum Gasteiger partial charge on any atom is -0.496 e. The molecule has 20 heavy (non-hydrogen) atoms. The van der Waals surface area contributed by atoms with E-state index in [2.05, 4.69) is 15.5 Å². The molecule has 1 atom stereocenters. The number of nitrogens with zero attached hydrogens (tertiary/aromatic N) is 2. The summed E-state index contributed by atoms with van der Waals surface area (Å²) < 4.78 is 10.5. The van der Waals surface area contributed by atoms with Crippen LogP contribution in [-0.2, 0) is 12.0 Å². The van der Waals surface area contributed by atoms with E-state index in [-0.39, 0.29) is 5.89 Å². The molecule has 1 aromatic heterocycles. The molecule has 0 spiro atoms. The van der Waals surface area contributed by atoms with Gasteiger partial charge in [-0.2, -0.15) is 4.98 Å². The van der Waals surface area contributed by atoms with Gasteiger partial charge in [-0.15, -0.1) is 0 Å². The van der Waals surface area contributed by atoms with Crippen molar-refractivity contribution in [3.8, 4) is 5.75 Å². The van der Waals surface area contributed by atoms with E-state index >= 15 is 0 Å². The molecule has 6 nitrogen and oxygen atoms in total. The van der Waals surface area contributed by atoms with Crippen molar-refractivity contribution in [2.75, 3.05) is 20.2 Å². The topological polar surface area (TPSA) is 80.4 Å². The quantitative estimate of drug-likeness (QED) is 0.861. The predicted octanol–water partition coefficient (Wildman–Crippen LogP) is 0.850. The minimum atomic E-state index is -1.04. The number of ether oxygens (including phenoxy) is 1. The molecule has 0 saturated carbocycles. The molecule has 1 aromatic carbocycles. The average molecular weight is 275 g/mol. The van der Waals surface area contributed by atoms with E-state index in [0.717, 1.165) is 17.9 Å². The number of aliphatic hydroxyl groups is 1. The number of β-amino-alcohol motifs (C(OH)–C–C–N with tert-alkyl or cyclic N) is 1. The normalized spacial score (nSPS) is 22.1. The van der Waals surface area contributed by atoms with Crippen molar-refractivity contribution < 1.29 is 14.4 Å². The second-order valence-corrected chi connectivity index (χ2v) is 4.96. The van der Waals surface area contributed by atoms with Gasteiger partial charge in [-0.05, 0) is 19.0 Å². The molecule has 0 aliphatic carbocycles. The zero-order valence-electron chi connectivity index (χ0n) is 11.3. The summed E-state index contributed by atoms with van der Waals surface area (Å²) >= 11 is 0. The van der Waals surface area contributed by atoms with Gasteiger partial charge < -0.3 is 19.7 Å². The van der Waals surface area contributed by atoms with Gasteiger partial charge >= 0.3 is 0 Å². The van der Waals surface area contributed by atoms with Gasteiger partial charge in [-0.3, -0.25) is 0 Å². The number of rotatable bonds is 4. The highest BCUT2D eigenvalue weighted by molar-refractivity contribution is 5.35. The second-order valence-electron chi connectivity index (χ2n) is 4.96. The van der Waals surface area contributed by atoms with Crippen LogP contribution in [0.1, 0.15) is 23.7 Å². The van der Waals surface area contributed by atoms with Crippen LogP contribution < -0.4 is 10.1 Å². The Kier molecular flexibility index (Phi) is 3.42. The van der Waals surface area contributed by atoms with Gasteiger partial charge in [0.2, 0.25) is 0 Å². The van der Waals surface area contributed by atoms with Crippen molar-refractivity contribution in [3.63, 3.8) is 0 Å². The zero-order valence-corrected chi connectivity index (χ0v) is 11.3. The Labute approximate surface area is 116 Å². The van der Waals surface area contributed by atoms with Crippen molar-refractivity contribution >= 4 is 0 Å². The highest BCUT2D eigenvalue weighted by Gasteiger charge is 2.38. The Morgan fingerprint density at radius 1 is 1.45 bits per heavy atom. The largest absolute Gasteiger partial charge is 0.496 e. The van der Waals surface area contributed by atoms with Gasteiger partial charge in [0.1, 0.15) is 5.75 Å². The standard InChI is InChI=1S/C14H17N3O3/c1-19-11-5-3-2-4-10(11)8-12-16-13(20-17-12)14(18)6-7-15-9-14/h2-5,15,18H,6-9H2,1H3. The first kappa shape index (κ1) is 13.1. The SMILES string of the molecule is COc1ccccc1Cc1noc(C2(O)CCNC2)n1. The summed E-state index contributed by atoms with van der Waals surface area (Å²) in [7, 11) is 1.63. The third-order valence-electron chi connectivity index (χ3n) is 3.54. The van der Waals surface area contributed by atoms with Crippen LogP contribution in [0, 0.1) is 0 Å². The molecular formula is C14H17N3O3. The van der Waals surface area contributed by atoms with Gasteiger partial charge in [0.05, 0.1) is 7.11 Å². The third kappa shape index (κ3) is 2.39. The fourth-order valence-electron chi connectivity index (χ4n) is 2.40. The van der Waals surface area contributed by atoms with Crippen LogP contribution in [0.25, 0.3) is 0 Å². The first-order valence-electron chi connectivity index (χ1n) is 6.59. The van der Waals surface area contributed by atoms with E-state index in [9.17, 15) is 5.11 Å². The van der Waals surface area contributed by atoms with Crippen LogP contribution in [0.4, 0.5) is 0 Å². The Morgan fingerprint density at radius 2 is 2.30 bits per heavy atom. The fraction of sp³-hybridized carbons (Fsp3) is 0.429. The summed E-state index contributed by atoms with van der Waals surface area (Å²) in [6.07, 6.45) is 1.10. The van der Waals surface area contributed by atoms with Crippen LogP contribution in [0.5, 0.6) is 5.75 Å². The van der Waals surface area contributed by atoms with Crippen molar-refractivity contribution in [1.82, 2.24) is 15.5 Å². The lowest BCUT2D eigenvalue weighted by Crippen LogP contribution is -2.28. The minimum absolute atomic E-state index is 0.285. The van der Waals surface area contributed by atoms with Crippen LogP contribution in [-0.4, -0.2) is 35.4 Å². The summed E-state index contributed by atoms with van der Waals surface area (Å²) in [5.41, 5.74) is -0.0506. The molecule has 1 fully saturated rings. The average Bonchev–Trinajstić information content (AvgIpc) is 3.10. The van der Waals surface area contributed by atoms with Crippen molar-refractivity contribution in [3.05, 3.63) is 41.5 Å². The molecule has 0 radical (unpaired) electrons. The van der Waals surface area contributed by atoms with Crippen molar-refractivity contribution in [2.45, 2.75) is 18.4 Å². The Balaban J connectivity index is 1.80. The Morgan fingerprint density at radius 3 is 3.05 bits per heavy atom. The summed E-state index contributed by atoms with van der Waals surface area (Å²) in [6, 6.07) is 7.70. The second kappa shape index (κ2) is 5.22. The predicted molar refractivity (Wildman–Crippen MR) is 71.5 cm³/mol. The first-order valence-corrected chi connectivity index (χ1v) is 6.59. The van der Waals surface area contributed by atoms with E-state index in [1.165, 1.54) is 0 Å². The monoisotopic (exact) mass is 275 g/mol. The molecular weight excluding hydrogens is 258 g/mol. The van der Waals surface area contributed by atoms with Gasteiger partial charge in [0.25, 0.3) is 5.89 Å². The van der Waals surface area contributed by atoms with Crippen LogP contribution in [0.15, 0.2) is 28.8 Å². The lowest BCUT2D eigenvalue weighted by atomic mass is 10.0. The van der Waals surface area contributed by atoms with E-state index in [0.29, 0.717) is 25.2 Å². The van der Waals surface area contributed by atoms with E-state index < -0.39 is 5.60 Å². The molecule has 0 amide bonds. The Hall–Kier alpha value is -1.92. The molecule has 0 bridgehead atoms. The summed E-state index contributed by atoms with van der Waals surface area (Å²) in [5.74, 6) is 1.62. The number of hydrogen-bond acceptors (Lipinski definition) is 6. The number of benzene rings is 1. The van der Waals surface area contributed by atoms with E-state index in [1.54, 1.807) is 7.11 Å². The first-order chi connectivity index (χ1) is 9.71. The van der Waals surface area contributed by atoms with Crippen LogP contribution >= 0.6 is 0 Å². The highest BCUT2D eigenvalue weighted by atomic mass is 16.5. The van der Waals surface area contributed by atoms with Gasteiger partial charge in [-0.1, -0.05) is 23.4 Å². The molecule has 2 aromatic rings. The summed E-state index contributed by atoms with van der Waals surface area (Å²) in [5, 5.41) is 17.4. The molecule has 6 heteroatoms. The Bertz CT molecular complexity index is 591. The molecule has 106 valence electrons. The maximum absolute atomic E-state index is 10.4. The van der Waals surface area contributed by atoms with Crippen LogP contribution in [0.2, 0.25) is 0 Å². The molecule has 2 heterocycles. The lowest BCUT2D eigenvalue weighted by Gasteiger charge is -2.14. The van der Waals surface area contributed by atoms with Crippen molar-refractivity contribution in [2.24, 2.45) is 0 Å². The zero-order chi connectivity index (χ0) is 14.0. The van der Waals surface area contributed by atoms with E-state index in [4.69, 9.17) is 9.26 Å². The molecule has 3 rings (SSSR count).